The van der Waals surface area contributed by atoms with E-state index in [9.17, 15) is 5.11 Å². The highest BCUT2D eigenvalue weighted by molar-refractivity contribution is 5.78. The van der Waals surface area contributed by atoms with Crippen molar-refractivity contribution in [2.45, 2.75) is 19.1 Å². The average Bonchev–Trinajstić information content (AvgIpc) is 2.49. The van der Waals surface area contributed by atoms with Gasteiger partial charge < -0.3 is 10.0 Å². The van der Waals surface area contributed by atoms with Crippen molar-refractivity contribution in [2.24, 2.45) is 5.92 Å². The molecule has 1 aromatic heterocycles. The summed E-state index contributed by atoms with van der Waals surface area (Å²) in [7, 11) is 4.14. The van der Waals surface area contributed by atoms with E-state index >= 15 is 0 Å². The molecule has 1 fully saturated rings. The van der Waals surface area contributed by atoms with Crippen molar-refractivity contribution in [3.8, 4) is 0 Å². The first-order valence-electron chi connectivity index (χ1n) is 8.00. The molecule has 4 heteroatoms. The minimum atomic E-state index is -0.224. The van der Waals surface area contributed by atoms with Crippen LogP contribution in [0.15, 0.2) is 36.5 Å². The van der Waals surface area contributed by atoms with Crippen molar-refractivity contribution in [3.05, 3.63) is 42.1 Å². The van der Waals surface area contributed by atoms with Crippen LogP contribution in [-0.2, 0) is 6.54 Å². The molecule has 2 atom stereocenters. The fourth-order valence-corrected chi connectivity index (χ4v) is 3.35. The SMILES string of the molecule is CN(C)C[C@@H]1CCN(Cc2ccc3ncccc3c2)C[C@H]1O. The Labute approximate surface area is 132 Å². The molecule has 1 saturated heterocycles. The maximum atomic E-state index is 10.4. The molecule has 0 aliphatic carbocycles. The average molecular weight is 299 g/mol. The second-order valence-corrected chi connectivity index (χ2v) is 6.64. The topological polar surface area (TPSA) is 39.6 Å². The molecule has 3 rings (SSSR count). The van der Waals surface area contributed by atoms with E-state index < -0.39 is 0 Å². The van der Waals surface area contributed by atoms with E-state index in [0.29, 0.717) is 5.92 Å². The van der Waals surface area contributed by atoms with Gasteiger partial charge in [0.2, 0.25) is 0 Å². The van der Waals surface area contributed by atoms with Crippen molar-refractivity contribution >= 4 is 10.9 Å². The Kier molecular flexibility index (Phi) is 4.71. The van der Waals surface area contributed by atoms with E-state index in [1.807, 2.05) is 12.3 Å². The predicted molar refractivity (Wildman–Crippen MR) is 89.7 cm³/mol. The first-order chi connectivity index (χ1) is 10.6. The first kappa shape index (κ1) is 15.4. The van der Waals surface area contributed by atoms with Crippen LogP contribution in [0.1, 0.15) is 12.0 Å². The standard InChI is InChI=1S/C18H25N3O/c1-20(2)12-16-7-9-21(13-18(16)22)11-14-5-6-17-15(10-14)4-3-8-19-17/h3-6,8,10,16,18,22H,7,9,11-13H2,1-2H3/t16-,18+/m0/s1. The Morgan fingerprint density at radius 2 is 2.18 bits per heavy atom. The van der Waals surface area contributed by atoms with Crippen LogP contribution in [-0.4, -0.2) is 59.7 Å². The smallest absolute Gasteiger partial charge is 0.0708 e. The van der Waals surface area contributed by atoms with Gasteiger partial charge in [0.15, 0.2) is 0 Å². The van der Waals surface area contributed by atoms with Crippen molar-refractivity contribution < 1.29 is 5.11 Å². The number of likely N-dealkylation sites (tertiary alicyclic amines) is 1. The number of aromatic nitrogens is 1. The molecule has 1 aliphatic rings. The number of hydrogen-bond donors (Lipinski definition) is 1. The molecule has 1 N–H and O–H groups in total. The summed E-state index contributed by atoms with van der Waals surface area (Å²) in [6.45, 7) is 3.69. The number of β-amino-alcohol motifs (C(OH)–C–C–N with tert-alkyl or cyclic N) is 1. The predicted octanol–water partition coefficient (Wildman–Crippen LogP) is 1.98. The van der Waals surface area contributed by atoms with E-state index in [4.69, 9.17) is 0 Å². The zero-order valence-corrected chi connectivity index (χ0v) is 13.4. The van der Waals surface area contributed by atoms with Gasteiger partial charge in [-0.05, 0) is 56.7 Å². The van der Waals surface area contributed by atoms with Crippen LogP contribution in [0.2, 0.25) is 0 Å². The van der Waals surface area contributed by atoms with Gasteiger partial charge in [0.1, 0.15) is 0 Å². The Morgan fingerprint density at radius 1 is 1.32 bits per heavy atom. The largest absolute Gasteiger partial charge is 0.391 e. The second kappa shape index (κ2) is 6.73. The number of fused-ring (bicyclic) bond motifs is 1. The molecule has 0 saturated carbocycles. The fraction of sp³-hybridized carbons (Fsp3) is 0.500. The van der Waals surface area contributed by atoms with Crippen LogP contribution in [0.3, 0.4) is 0 Å². The Morgan fingerprint density at radius 3 is 2.95 bits per heavy atom. The zero-order valence-electron chi connectivity index (χ0n) is 13.4. The number of benzene rings is 1. The van der Waals surface area contributed by atoms with Crippen molar-refractivity contribution in [1.82, 2.24) is 14.8 Å². The number of aliphatic hydroxyl groups is 1. The lowest BCUT2D eigenvalue weighted by Crippen LogP contribution is -2.46. The highest BCUT2D eigenvalue weighted by Crippen LogP contribution is 2.21. The molecule has 0 spiro atoms. The van der Waals surface area contributed by atoms with Gasteiger partial charge in [-0.2, -0.15) is 0 Å². The molecule has 0 unspecified atom stereocenters. The summed E-state index contributed by atoms with van der Waals surface area (Å²) < 4.78 is 0. The maximum absolute atomic E-state index is 10.4. The van der Waals surface area contributed by atoms with Gasteiger partial charge in [-0.25, -0.2) is 0 Å². The summed E-state index contributed by atoms with van der Waals surface area (Å²) in [5, 5.41) is 11.5. The monoisotopic (exact) mass is 299 g/mol. The Bertz CT molecular complexity index is 629. The third-order valence-corrected chi connectivity index (χ3v) is 4.48. The molecule has 2 aromatic rings. The van der Waals surface area contributed by atoms with Crippen molar-refractivity contribution in [2.75, 3.05) is 33.7 Å². The molecule has 1 aliphatic heterocycles. The molecular weight excluding hydrogens is 274 g/mol. The van der Waals surface area contributed by atoms with E-state index in [0.717, 1.165) is 38.1 Å². The highest BCUT2D eigenvalue weighted by atomic mass is 16.3. The maximum Gasteiger partial charge on any atom is 0.0708 e. The zero-order chi connectivity index (χ0) is 15.5. The van der Waals surface area contributed by atoms with Gasteiger partial charge in [-0.15, -0.1) is 0 Å². The number of rotatable bonds is 4. The molecule has 2 heterocycles. The van der Waals surface area contributed by atoms with Gasteiger partial charge in [-0.1, -0.05) is 12.1 Å². The van der Waals surface area contributed by atoms with Crippen LogP contribution in [0.25, 0.3) is 10.9 Å². The number of pyridine rings is 1. The van der Waals surface area contributed by atoms with Crippen LogP contribution in [0.5, 0.6) is 0 Å². The summed E-state index contributed by atoms with van der Waals surface area (Å²) in [4.78, 5) is 8.88. The molecule has 22 heavy (non-hydrogen) atoms. The second-order valence-electron chi connectivity index (χ2n) is 6.64. The minimum Gasteiger partial charge on any atom is -0.391 e. The lowest BCUT2D eigenvalue weighted by Gasteiger charge is -2.37. The molecule has 1 aromatic carbocycles. The molecule has 4 nitrogen and oxygen atoms in total. The van der Waals surface area contributed by atoms with E-state index in [2.05, 4.69) is 53.1 Å². The van der Waals surface area contributed by atoms with Gasteiger partial charge in [0, 0.05) is 31.2 Å². The fourth-order valence-electron chi connectivity index (χ4n) is 3.35. The van der Waals surface area contributed by atoms with Gasteiger partial charge >= 0.3 is 0 Å². The van der Waals surface area contributed by atoms with E-state index in [1.165, 1.54) is 10.9 Å². The summed E-state index contributed by atoms with van der Waals surface area (Å²) >= 11 is 0. The summed E-state index contributed by atoms with van der Waals surface area (Å²) in [6.07, 6.45) is 2.67. The first-order valence-corrected chi connectivity index (χ1v) is 8.00. The highest BCUT2D eigenvalue weighted by Gasteiger charge is 2.27. The molecule has 0 bridgehead atoms. The summed E-state index contributed by atoms with van der Waals surface area (Å²) in [5.41, 5.74) is 2.33. The van der Waals surface area contributed by atoms with Gasteiger partial charge in [0.25, 0.3) is 0 Å². The third kappa shape index (κ3) is 3.64. The number of piperidine rings is 1. The quantitative estimate of drug-likeness (QED) is 0.937. The molecule has 0 radical (unpaired) electrons. The van der Waals surface area contributed by atoms with Crippen LogP contribution in [0, 0.1) is 5.92 Å². The van der Waals surface area contributed by atoms with Crippen molar-refractivity contribution in [3.63, 3.8) is 0 Å². The lowest BCUT2D eigenvalue weighted by molar-refractivity contribution is 0.00916. The molecule has 118 valence electrons. The molecule has 0 amide bonds. The Hall–Kier alpha value is -1.49. The number of nitrogens with zero attached hydrogens (tertiary/aromatic N) is 3. The van der Waals surface area contributed by atoms with Crippen LogP contribution >= 0.6 is 0 Å². The van der Waals surface area contributed by atoms with Crippen LogP contribution < -0.4 is 0 Å². The van der Waals surface area contributed by atoms with E-state index in [-0.39, 0.29) is 6.10 Å². The third-order valence-electron chi connectivity index (χ3n) is 4.48. The van der Waals surface area contributed by atoms with Crippen molar-refractivity contribution in [1.29, 1.82) is 0 Å². The van der Waals surface area contributed by atoms with Crippen LogP contribution in [0.4, 0.5) is 0 Å². The summed E-state index contributed by atoms with van der Waals surface area (Å²) in [6, 6.07) is 10.5. The lowest BCUT2D eigenvalue weighted by atomic mass is 9.93. The minimum absolute atomic E-state index is 0.224. The van der Waals surface area contributed by atoms with Gasteiger partial charge in [-0.3, -0.25) is 9.88 Å². The van der Waals surface area contributed by atoms with Gasteiger partial charge in [0.05, 0.1) is 11.6 Å². The normalized spacial score (nSPS) is 23.3. The Balaban J connectivity index is 1.63. The summed E-state index contributed by atoms with van der Waals surface area (Å²) in [5.74, 6) is 0.395. The number of aliphatic hydroxyl groups excluding tert-OH is 1. The van der Waals surface area contributed by atoms with E-state index in [1.54, 1.807) is 0 Å². The molecular formula is C18H25N3O. The number of hydrogen-bond acceptors (Lipinski definition) is 4.